The molecule has 1 unspecified atom stereocenters. The lowest BCUT2D eigenvalue weighted by atomic mass is 9.95. The number of carbonyl (C=O) groups excluding carboxylic acids is 1. The first-order chi connectivity index (χ1) is 19.2. The molecule has 3 aromatic rings. The Kier molecular flexibility index (Phi) is 8.29. The van der Waals surface area contributed by atoms with E-state index in [9.17, 15) is 17.6 Å². The molecule has 0 aliphatic carbocycles. The molecule has 5 rings (SSSR count). The van der Waals surface area contributed by atoms with Gasteiger partial charge in [0.2, 0.25) is 5.82 Å². The highest BCUT2D eigenvalue weighted by molar-refractivity contribution is 7.91. The third-order valence-electron chi connectivity index (χ3n) is 6.63. The van der Waals surface area contributed by atoms with Crippen LogP contribution in [0.5, 0.6) is 0 Å². The smallest absolute Gasteiger partial charge is 0.338 e. The van der Waals surface area contributed by atoms with Crippen molar-refractivity contribution in [1.29, 1.82) is 0 Å². The van der Waals surface area contributed by atoms with E-state index in [0.29, 0.717) is 42.6 Å². The van der Waals surface area contributed by atoms with Crippen LogP contribution in [0.2, 0.25) is 5.02 Å². The molecule has 0 spiro atoms. The van der Waals surface area contributed by atoms with Crippen molar-refractivity contribution >= 4 is 33.2 Å². The first kappa shape index (κ1) is 27.9. The molecular weight excluding hydrogens is 559 g/mol. The van der Waals surface area contributed by atoms with Gasteiger partial charge in [0.25, 0.3) is 0 Å². The number of halogens is 2. The predicted molar refractivity (Wildman–Crippen MR) is 148 cm³/mol. The highest BCUT2D eigenvalue weighted by Gasteiger charge is 2.35. The summed E-state index contributed by atoms with van der Waals surface area (Å²) in [5.74, 6) is -0.496. The Bertz CT molecular complexity index is 1560. The molecule has 0 saturated carbocycles. The predicted octanol–water partition coefficient (Wildman–Crippen LogP) is 2.76. The summed E-state index contributed by atoms with van der Waals surface area (Å²) in [5.41, 5.74) is 2.12. The summed E-state index contributed by atoms with van der Waals surface area (Å²) in [5, 5.41) is 7.90. The molecule has 1 saturated heterocycles. The fourth-order valence-electron chi connectivity index (χ4n) is 4.61. The van der Waals surface area contributed by atoms with E-state index in [0.717, 1.165) is 5.56 Å². The molecule has 3 heterocycles. The van der Waals surface area contributed by atoms with Gasteiger partial charge < -0.3 is 10.1 Å². The number of sulfone groups is 1. The van der Waals surface area contributed by atoms with Gasteiger partial charge in [-0.25, -0.2) is 27.3 Å². The third-order valence-corrected chi connectivity index (χ3v) is 8.57. The van der Waals surface area contributed by atoms with Gasteiger partial charge in [0.05, 0.1) is 30.2 Å². The van der Waals surface area contributed by atoms with Gasteiger partial charge in [-0.05, 0) is 24.6 Å². The number of benzene rings is 2. The number of aromatic nitrogens is 3. The van der Waals surface area contributed by atoms with Crippen molar-refractivity contribution in [3.8, 4) is 0 Å². The van der Waals surface area contributed by atoms with Crippen LogP contribution in [0, 0.1) is 5.82 Å². The van der Waals surface area contributed by atoms with Crippen molar-refractivity contribution in [3.05, 3.63) is 93.9 Å². The molecular formula is C27H28ClFN6O4S. The van der Waals surface area contributed by atoms with Crippen LogP contribution in [0.1, 0.15) is 29.9 Å². The molecule has 210 valence electrons. The molecule has 13 heteroatoms. The van der Waals surface area contributed by atoms with Crippen molar-refractivity contribution in [1.82, 2.24) is 25.0 Å². The monoisotopic (exact) mass is 586 g/mol. The van der Waals surface area contributed by atoms with Gasteiger partial charge >= 0.3 is 5.97 Å². The molecule has 2 aliphatic rings. The number of hydrogen-bond acceptors (Lipinski definition) is 9. The maximum absolute atomic E-state index is 13.9. The average Bonchev–Trinajstić information content (AvgIpc) is 3.39. The van der Waals surface area contributed by atoms with Crippen LogP contribution in [0.15, 0.2) is 71.1 Å². The number of carbonyl (C=O) groups is 1. The van der Waals surface area contributed by atoms with Crippen molar-refractivity contribution < 1.29 is 22.3 Å². The summed E-state index contributed by atoms with van der Waals surface area (Å²) in [6, 6.07) is 12.7. The van der Waals surface area contributed by atoms with E-state index in [4.69, 9.17) is 21.3 Å². The second-order valence-electron chi connectivity index (χ2n) is 9.46. The van der Waals surface area contributed by atoms with Crippen molar-refractivity contribution in [2.75, 3.05) is 37.7 Å². The van der Waals surface area contributed by atoms with Crippen LogP contribution in [-0.4, -0.2) is 77.6 Å². The number of aliphatic imine (C=N–C) groups is 1. The summed E-state index contributed by atoms with van der Waals surface area (Å²) in [6.45, 7) is 3.16. The lowest BCUT2D eigenvalue weighted by Gasteiger charge is -2.32. The molecule has 0 amide bonds. The Morgan fingerprint density at radius 3 is 2.60 bits per heavy atom. The fourth-order valence-corrected chi connectivity index (χ4v) is 6.16. The van der Waals surface area contributed by atoms with Gasteiger partial charge in [-0.15, -0.1) is 5.10 Å². The topological polar surface area (TPSA) is 119 Å². The Hall–Kier alpha value is -3.61. The Morgan fingerprint density at radius 1 is 1.15 bits per heavy atom. The van der Waals surface area contributed by atoms with E-state index in [-0.39, 0.29) is 35.3 Å². The number of nitrogens with one attached hydrogen (secondary N) is 1. The molecule has 1 atom stereocenters. The zero-order valence-corrected chi connectivity index (χ0v) is 23.3. The summed E-state index contributed by atoms with van der Waals surface area (Å²) in [7, 11) is -3.10. The molecule has 0 radical (unpaired) electrons. The lowest BCUT2D eigenvalue weighted by molar-refractivity contribution is -0.139. The third kappa shape index (κ3) is 6.40. The largest absolute Gasteiger partial charge is 0.463 e. The first-order valence-corrected chi connectivity index (χ1v) is 15.0. The minimum Gasteiger partial charge on any atom is -0.463 e. The van der Waals surface area contributed by atoms with Crippen LogP contribution in [0.4, 0.5) is 4.39 Å². The highest BCUT2D eigenvalue weighted by atomic mass is 35.5. The van der Waals surface area contributed by atoms with Crippen LogP contribution in [0.3, 0.4) is 0 Å². The minimum atomic E-state index is -3.10. The summed E-state index contributed by atoms with van der Waals surface area (Å²) < 4.78 is 45.0. The van der Waals surface area contributed by atoms with Gasteiger partial charge in [0, 0.05) is 35.9 Å². The number of nitrogens with zero attached hydrogens (tertiary/aromatic N) is 5. The van der Waals surface area contributed by atoms with Crippen molar-refractivity contribution in [3.63, 3.8) is 0 Å². The fraction of sp³-hybridized carbons (Fsp3) is 0.333. The zero-order chi connectivity index (χ0) is 28.3. The van der Waals surface area contributed by atoms with Crippen LogP contribution in [0.25, 0.3) is 0 Å². The number of rotatable bonds is 8. The molecule has 1 aromatic heterocycles. The molecule has 2 aliphatic heterocycles. The first-order valence-electron chi connectivity index (χ1n) is 12.8. The van der Waals surface area contributed by atoms with Gasteiger partial charge in [-0.3, -0.25) is 9.89 Å². The second-order valence-corrected chi connectivity index (χ2v) is 12.2. The molecule has 40 heavy (non-hydrogen) atoms. The molecule has 1 N–H and O–H groups in total. The highest BCUT2D eigenvalue weighted by Crippen LogP contribution is 2.36. The van der Waals surface area contributed by atoms with E-state index in [1.165, 1.54) is 18.2 Å². The molecule has 0 bridgehead atoms. The van der Waals surface area contributed by atoms with Gasteiger partial charge in [-0.2, -0.15) is 0 Å². The van der Waals surface area contributed by atoms with Gasteiger partial charge in [-0.1, -0.05) is 48.0 Å². The number of ether oxygens (including phenoxy) is 1. The van der Waals surface area contributed by atoms with Crippen molar-refractivity contribution in [2.24, 2.45) is 4.99 Å². The average molecular weight is 587 g/mol. The van der Waals surface area contributed by atoms with Crippen molar-refractivity contribution in [2.45, 2.75) is 19.5 Å². The van der Waals surface area contributed by atoms with Crippen LogP contribution in [-0.2, 0) is 25.9 Å². The zero-order valence-electron chi connectivity index (χ0n) is 21.8. The van der Waals surface area contributed by atoms with E-state index < -0.39 is 27.7 Å². The second kappa shape index (κ2) is 11.9. The summed E-state index contributed by atoms with van der Waals surface area (Å²) in [4.78, 5) is 24.5. The number of amidine groups is 1. The maximum Gasteiger partial charge on any atom is 0.338 e. The van der Waals surface area contributed by atoms with Crippen LogP contribution < -0.4 is 5.32 Å². The number of esters is 1. The molecule has 1 fully saturated rings. The lowest BCUT2D eigenvalue weighted by Crippen LogP contribution is -2.45. The van der Waals surface area contributed by atoms with Gasteiger partial charge in [0.1, 0.15) is 18.2 Å². The quantitative estimate of drug-likeness (QED) is 0.400. The van der Waals surface area contributed by atoms with E-state index in [1.807, 2.05) is 35.2 Å². The summed E-state index contributed by atoms with van der Waals surface area (Å²) in [6.07, 6.45) is 1.59. The normalized spacial score (nSPS) is 19.2. The van der Waals surface area contributed by atoms with E-state index in [1.54, 1.807) is 17.9 Å². The SMILES string of the molecule is CCOC(=O)C1=C(CN2CCS(=O)(=O)CC2)NC(c2ncn(Cc3ccccc3)n2)=NC1c1ccc(F)cc1Cl. The van der Waals surface area contributed by atoms with Gasteiger partial charge in [0.15, 0.2) is 15.7 Å². The van der Waals surface area contributed by atoms with Crippen LogP contribution >= 0.6 is 11.6 Å². The Morgan fingerprint density at radius 2 is 1.90 bits per heavy atom. The summed E-state index contributed by atoms with van der Waals surface area (Å²) >= 11 is 6.45. The minimum absolute atomic E-state index is 0.0225. The molecule has 10 nitrogen and oxygen atoms in total. The number of hydrogen-bond donors (Lipinski definition) is 1. The standard InChI is InChI=1S/C27H28ClFN6O4S/c1-2-39-27(36)23-22(16-34-10-12-40(37,38)13-11-34)31-26(32-24(23)20-9-8-19(29)14-21(20)28)25-30-17-35(33-25)15-18-6-4-3-5-7-18/h3-9,14,17,24H,2,10-13,15-16H2,1H3,(H,31,32). The Balaban J connectivity index is 1.54. The van der Waals surface area contributed by atoms with E-state index in [2.05, 4.69) is 15.4 Å². The van der Waals surface area contributed by atoms with E-state index >= 15 is 0 Å². The molecule has 2 aromatic carbocycles. The maximum atomic E-state index is 13.9. The Labute approximate surface area is 236 Å².